The minimum absolute atomic E-state index is 0.00917. The van der Waals surface area contributed by atoms with E-state index < -0.39 is 6.04 Å². The van der Waals surface area contributed by atoms with Crippen LogP contribution >= 0.6 is 0 Å². The van der Waals surface area contributed by atoms with Crippen molar-refractivity contribution in [1.29, 1.82) is 0 Å². The number of nitrogens with zero attached hydrogens (tertiary/aromatic N) is 1. The summed E-state index contributed by atoms with van der Waals surface area (Å²) in [6.07, 6.45) is 3.31. The molecule has 1 heterocycles. The van der Waals surface area contributed by atoms with Crippen LogP contribution in [0.25, 0.3) is 0 Å². The van der Waals surface area contributed by atoms with Gasteiger partial charge >= 0.3 is 5.97 Å². The Kier molecular flexibility index (Phi) is 5.41. The molecule has 0 aromatic heterocycles. The molecule has 0 bridgehead atoms. The Hall–Kier alpha value is -1.10. The van der Waals surface area contributed by atoms with Crippen LogP contribution in [-0.2, 0) is 14.3 Å². The highest BCUT2D eigenvalue weighted by atomic mass is 16.5. The zero-order chi connectivity index (χ0) is 12.8. The number of hydrogen-bond acceptors (Lipinski definition) is 4. The van der Waals surface area contributed by atoms with Crippen LogP contribution in [-0.4, -0.2) is 43.0 Å². The third-order valence-electron chi connectivity index (χ3n) is 3.39. The van der Waals surface area contributed by atoms with Crippen LogP contribution in [0.5, 0.6) is 0 Å². The van der Waals surface area contributed by atoms with E-state index >= 15 is 0 Å². The largest absolute Gasteiger partial charge is 0.467 e. The first kappa shape index (κ1) is 14.0. The molecule has 1 aliphatic rings. The van der Waals surface area contributed by atoms with Gasteiger partial charge in [0, 0.05) is 13.1 Å². The SMILES string of the molecule is CCC(CN)C(=O)N1CCCCC1C(=O)OC. The van der Waals surface area contributed by atoms with E-state index in [2.05, 4.69) is 0 Å². The summed E-state index contributed by atoms with van der Waals surface area (Å²) in [5, 5.41) is 0. The van der Waals surface area contributed by atoms with Crippen molar-refractivity contribution in [2.24, 2.45) is 11.7 Å². The summed E-state index contributed by atoms with van der Waals surface area (Å²) in [5.74, 6) is -0.504. The normalized spacial score (nSPS) is 22.1. The van der Waals surface area contributed by atoms with Crippen LogP contribution < -0.4 is 5.73 Å². The van der Waals surface area contributed by atoms with E-state index in [1.165, 1.54) is 7.11 Å². The molecule has 0 radical (unpaired) electrons. The van der Waals surface area contributed by atoms with Crippen molar-refractivity contribution in [1.82, 2.24) is 4.90 Å². The van der Waals surface area contributed by atoms with Gasteiger partial charge in [-0.05, 0) is 25.7 Å². The number of carbonyl (C=O) groups is 2. The lowest BCUT2D eigenvalue weighted by Crippen LogP contribution is -2.51. The van der Waals surface area contributed by atoms with Gasteiger partial charge in [-0.25, -0.2) is 4.79 Å². The average molecular weight is 242 g/mol. The number of methoxy groups -OCH3 is 1. The second kappa shape index (κ2) is 6.59. The van der Waals surface area contributed by atoms with Crippen LogP contribution in [0, 0.1) is 5.92 Å². The summed E-state index contributed by atoms with van der Waals surface area (Å²) < 4.78 is 4.75. The lowest BCUT2D eigenvalue weighted by molar-refractivity contribution is -0.156. The number of rotatable bonds is 4. The summed E-state index contributed by atoms with van der Waals surface area (Å²) in [6.45, 7) is 2.90. The fourth-order valence-corrected chi connectivity index (χ4v) is 2.25. The zero-order valence-electron chi connectivity index (χ0n) is 10.6. The van der Waals surface area contributed by atoms with Crippen molar-refractivity contribution in [3.8, 4) is 0 Å². The Balaban J connectivity index is 2.76. The number of piperidine rings is 1. The van der Waals surface area contributed by atoms with Gasteiger partial charge in [-0.15, -0.1) is 0 Å². The highest BCUT2D eigenvalue weighted by molar-refractivity contribution is 5.86. The maximum absolute atomic E-state index is 12.2. The van der Waals surface area contributed by atoms with Crippen molar-refractivity contribution in [2.45, 2.75) is 38.6 Å². The highest BCUT2D eigenvalue weighted by Crippen LogP contribution is 2.21. The maximum atomic E-state index is 12.2. The minimum atomic E-state index is -0.415. The Morgan fingerprint density at radius 2 is 2.18 bits per heavy atom. The first-order valence-corrected chi connectivity index (χ1v) is 6.24. The Bertz CT molecular complexity index is 277. The van der Waals surface area contributed by atoms with Crippen LogP contribution in [0.4, 0.5) is 0 Å². The molecular weight excluding hydrogens is 220 g/mol. The van der Waals surface area contributed by atoms with E-state index in [1.54, 1.807) is 4.90 Å². The summed E-state index contributed by atoms with van der Waals surface area (Å²) in [4.78, 5) is 25.5. The molecule has 1 aliphatic heterocycles. The van der Waals surface area contributed by atoms with Crippen LogP contribution in [0.3, 0.4) is 0 Å². The molecule has 0 saturated carbocycles. The van der Waals surface area contributed by atoms with Crippen molar-refractivity contribution in [2.75, 3.05) is 20.2 Å². The van der Waals surface area contributed by atoms with Gasteiger partial charge in [0.2, 0.25) is 5.91 Å². The third kappa shape index (κ3) is 3.19. The van der Waals surface area contributed by atoms with Gasteiger partial charge in [0.25, 0.3) is 0 Å². The summed E-state index contributed by atoms with van der Waals surface area (Å²) >= 11 is 0. The first-order chi connectivity index (χ1) is 8.15. The summed E-state index contributed by atoms with van der Waals surface area (Å²) in [6, 6.07) is -0.415. The molecule has 0 aliphatic carbocycles. The highest BCUT2D eigenvalue weighted by Gasteiger charge is 2.34. The van der Waals surface area contributed by atoms with Gasteiger partial charge in [0.05, 0.1) is 13.0 Å². The zero-order valence-corrected chi connectivity index (χ0v) is 10.6. The minimum Gasteiger partial charge on any atom is -0.467 e. The fourth-order valence-electron chi connectivity index (χ4n) is 2.25. The van der Waals surface area contributed by atoms with Crippen molar-refractivity contribution in [3.63, 3.8) is 0 Å². The summed E-state index contributed by atoms with van der Waals surface area (Å²) in [7, 11) is 1.36. The van der Waals surface area contributed by atoms with Crippen molar-refractivity contribution < 1.29 is 14.3 Å². The molecule has 5 nitrogen and oxygen atoms in total. The number of ether oxygens (including phenoxy) is 1. The van der Waals surface area contributed by atoms with E-state index in [-0.39, 0.29) is 17.8 Å². The quantitative estimate of drug-likeness (QED) is 0.730. The Morgan fingerprint density at radius 1 is 1.47 bits per heavy atom. The van der Waals surface area contributed by atoms with Gasteiger partial charge in [-0.1, -0.05) is 6.92 Å². The predicted octanol–water partition coefficient (Wildman–Crippen LogP) is 0.525. The molecule has 0 aromatic rings. The molecular formula is C12H22N2O3. The number of esters is 1. The smallest absolute Gasteiger partial charge is 0.328 e. The van der Waals surface area contributed by atoms with Gasteiger partial charge in [-0.3, -0.25) is 4.79 Å². The first-order valence-electron chi connectivity index (χ1n) is 6.24. The second-order valence-corrected chi connectivity index (χ2v) is 4.41. The predicted molar refractivity (Wildman–Crippen MR) is 64.2 cm³/mol. The number of hydrogen-bond donors (Lipinski definition) is 1. The van der Waals surface area contributed by atoms with Gasteiger partial charge in [0.15, 0.2) is 0 Å². The van der Waals surface area contributed by atoms with Gasteiger partial charge < -0.3 is 15.4 Å². The molecule has 1 amide bonds. The molecule has 1 fully saturated rings. The molecule has 2 N–H and O–H groups in total. The number of nitrogens with two attached hydrogens (primary N) is 1. The van der Waals surface area contributed by atoms with E-state index in [1.807, 2.05) is 6.92 Å². The van der Waals surface area contributed by atoms with Crippen LogP contribution in [0.15, 0.2) is 0 Å². The summed E-state index contributed by atoms with van der Waals surface area (Å²) in [5.41, 5.74) is 5.58. The molecule has 1 saturated heterocycles. The second-order valence-electron chi connectivity index (χ2n) is 4.41. The van der Waals surface area contributed by atoms with E-state index in [0.29, 0.717) is 25.9 Å². The molecule has 0 spiro atoms. The molecule has 0 aromatic carbocycles. The van der Waals surface area contributed by atoms with E-state index in [0.717, 1.165) is 12.8 Å². The van der Waals surface area contributed by atoms with E-state index in [4.69, 9.17) is 10.5 Å². The average Bonchev–Trinajstić information content (AvgIpc) is 2.39. The van der Waals surface area contributed by atoms with Crippen LogP contribution in [0.1, 0.15) is 32.6 Å². The van der Waals surface area contributed by atoms with Crippen molar-refractivity contribution >= 4 is 11.9 Å². The van der Waals surface area contributed by atoms with Gasteiger partial charge in [0.1, 0.15) is 6.04 Å². The number of likely N-dealkylation sites (tertiary alicyclic amines) is 1. The van der Waals surface area contributed by atoms with E-state index in [9.17, 15) is 9.59 Å². The molecule has 5 heteroatoms. The fraction of sp³-hybridized carbons (Fsp3) is 0.833. The lowest BCUT2D eigenvalue weighted by Gasteiger charge is -2.35. The molecule has 2 unspecified atom stereocenters. The monoisotopic (exact) mass is 242 g/mol. The molecule has 2 atom stereocenters. The Morgan fingerprint density at radius 3 is 2.71 bits per heavy atom. The van der Waals surface area contributed by atoms with Crippen molar-refractivity contribution in [3.05, 3.63) is 0 Å². The Labute approximate surface area is 102 Å². The topological polar surface area (TPSA) is 72.6 Å². The number of amides is 1. The maximum Gasteiger partial charge on any atom is 0.328 e. The number of carbonyl (C=O) groups excluding carboxylic acids is 2. The molecule has 17 heavy (non-hydrogen) atoms. The van der Waals surface area contributed by atoms with Gasteiger partial charge in [-0.2, -0.15) is 0 Å². The van der Waals surface area contributed by atoms with Crippen LogP contribution in [0.2, 0.25) is 0 Å². The third-order valence-corrected chi connectivity index (χ3v) is 3.39. The lowest BCUT2D eigenvalue weighted by atomic mass is 9.98. The molecule has 1 rings (SSSR count). The standard InChI is InChI=1S/C12H22N2O3/c1-3-9(8-13)11(15)14-7-5-4-6-10(14)12(16)17-2/h9-10H,3-8,13H2,1-2H3. The molecule has 98 valence electrons.